The number of aliphatic hydroxyl groups excluding tert-OH is 15. The van der Waals surface area contributed by atoms with Crippen LogP contribution < -0.4 is 56.3 Å². The van der Waals surface area contributed by atoms with E-state index in [1.165, 1.54) is 123 Å². The van der Waals surface area contributed by atoms with Gasteiger partial charge in [-0.3, -0.25) is 23.5 Å². The fourth-order valence-electron chi connectivity index (χ4n) is 16.2. The third kappa shape index (κ3) is 21.6. The van der Waals surface area contributed by atoms with Crippen LogP contribution in [0.3, 0.4) is 0 Å². The molecule has 0 saturated carbocycles. The molecule has 16 rings (SSSR count). The number of H-pyrrole nitrogens is 1. The summed E-state index contributed by atoms with van der Waals surface area (Å²) in [5, 5.41) is 177. The highest BCUT2D eigenvalue weighted by Crippen LogP contribution is 2.48. The first-order valence-electron chi connectivity index (χ1n) is 42.4. The predicted octanol–water partition coefficient (Wildman–Crippen LogP) is -9.33. The Bertz CT molecular complexity index is 5760. The molecule has 0 aromatic carbocycles. The number of rotatable bonds is 22. The van der Waals surface area contributed by atoms with Gasteiger partial charge in [-0.15, -0.1) is 0 Å². The van der Waals surface area contributed by atoms with Gasteiger partial charge in [0.15, 0.2) is 90.2 Å². The molecular weight excluding hydrogens is 1930 g/mol. The number of anilines is 1. The topological polar surface area (TPSA) is 907 Å². The number of aryl methyl sites for hydroxylation is 1. The summed E-state index contributed by atoms with van der Waals surface area (Å²) in [5.41, 5.74) is 42.0. The number of amides is 2. The number of carbonyl (C=O) groups excluding carboxylic acids is 2. The Morgan fingerprint density at radius 1 is 0.503 bits per heavy atom. The Morgan fingerprint density at radius 3 is 1.36 bits per heavy atom. The lowest BCUT2D eigenvalue weighted by molar-refractivity contribution is -0.153. The second-order valence-corrected chi connectivity index (χ2v) is 33.9. The van der Waals surface area contributed by atoms with Crippen molar-refractivity contribution in [2.75, 3.05) is 91.4 Å². The van der Waals surface area contributed by atoms with Gasteiger partial charge in [-0.05, 0) is 50.1 Å². The summed E-state index contributed by atoms with van der Waals surface area (Å²) in [7, 11) is 0. The number of fused-ring (bicyclic) bond motifs is 2. The number of ether oxygens (including phenoxy) is 7. The number of imidazole rings is 2. The van der Waals surface area contributed by atoms with Crippen molar-refractivity contribution < 1.29 is 156 Å². The van der Waals surface area contributed by atoms with Crippen molar-refractivity contribution in [1.29, 1.82) is 0 Å². The van der Waals surface area contributed by atoms with Gasteiger partial charge >= 0.3 is 5.92 Å². The van der Waals surface area contributed by atoms with Gasteiger partial charge < -0.3 is 200 Å². The number of halogens is 6. The normalized spacial score (nSPS) is 36.1. The lowest BCUT2D eigenvalue weighted by Crippen LogP contribution is -2.55. The van der Waals surface area contributed by atoms with E-state index in [-0.39, 0.29) is 107 Å². The van der Waals surface area contributed by atoms with Crippen molar-refractivity contribution in [3.05, 3.63) is 179 Å². The number of nitrogens with two attached hydrogens (primary N) is 7. The van der Waals surface area contributed by atoms with E-state index in [4.69, 9.17) is 89.5 Å². The van der Waals surface area contributed by atoms with E-state index in [0.29, 0.717) is 11.3 Å². The fourth-order valence-corrected chi connectivity index (χ4v) is 16.2. The number of aromatic amines is 1. The molecule has 786 valence electrons. The summed E-state index contributed by atoms with van der Waals surface area (Å²) >= 11 is 0. The minimum atomic E-state index is -3.78. The molecular formula is C79H111F6N31O27. The summed E-state index contributed by atoms with van der Waals surface area (Å²) < 4.78 is 125. The molecule has 7 fully saturated rings. The van der Waals surface area contributed by atoms with Gasteiger partial charge in [-0.1, -0.05) is 43.1 Å². The van der Waals surface area contributed by atoms with Gasteiger partial charge in [0.2, 0.25) is 6.23 Å². The molecule has 7 saturated heterocycles. The van der Waals surface area contributed by atoms with E-state index in [1.54, 1.807) is 6.92 Å². The summed E-state index contributed by atoms with van der Waals surface area (Å²) in [6.07, 6.45) is -11.1. The van der Waals surface area contributed by atoms with E-state index >= 15 is 0 Å². The van der Waals surface area contributed by atoms with Gasteiger partial charge in [-0.2, -0.15) is 8.78 Å². The Balaban J connectivity index is 0.000000172. The van der Waals surface area contributed by atoms with Crippen molar-refractivity contribution in [2.45, 2.75) is 189 Å². The first-order chi connectivity index (χ1) is 67.3. The molecule has 0 unspecified atom stereocenters. The SMILES string of the molecule is C=C1N=C(N)C=CN1[C@@H]1O[C@@](CO)(CN=[N+]=[N-])[C@@H](O)C1(F)F.C=C1N=C(N)C=CN1[C@@H]1O[C@@](CO)(CN=[N+]=[N-])[C@@H](O)[C@H]1O.C=C1N=C(N)C=CN1[C@@H]1O[C@H](CO)[C@@H](O)[C@]1(O)CF.C=C1NC(=O)C=CN1[C@@H]1O[C@](C)(CO)[C@@H](O)[C@@]1(C)O.C=C1NC(=O)C=CN1[C@@H]1O[C@](CN)(CO)[C@@H](O)[C@H]1F.Cc1nc2c(ncn2[C@@H]2O[C@](CN)(CO)[C@@H](O)[C@H]2F)c(=O)[nH]1.NC[C@]1(CO)O[C@@H](n2cnc3c(N)ncnc32)[C@H](F)[C@@H]1O. The standard InChI is InChI=1S/C12H16FN5O4.C12H18N2O5.C11H14F2N6O3.C11H15FN6O3.2C11H16FN3O4.C11H16N6O4/c1-5-16-9-7(10(21)17-5)15-4-18(9)11-6(13)8(20)12(2-14,3-19)22-11;1-7-13-8(16)4-5-14(7)10-12(3,18)9(17)11(2,6-15)19-10;1-6-17-7(14)2-3-19(6)9-11(12,13)8(21)10(5-20,22-9)4-16-18-15;12-5-7(20)11(1-13,2-19)21-10(5)18-4-17-6-8(14)15-3-16-9(6)18;1-6-14-8(13)2-3-15(6)10-11(18,5-12)9(17)7(4-16)19-10;1-6-14-7(17)2-3-15(6)10-8(12)9(18)11(4-13,5-16)19-10;1-6-15-7(12)2-3-17(6)10-8(19)9(20)11(5-18,21-10)4-14-16-13/h4,6,8,11,19-20H,2-3,14H2,1H3,(H,16,17,21);4-5,9-10,15,17-18H,1,6H2,2-3H3,(H,13,16);2-3,8-9,20-21H,1,4-5H2,(H2,14,17);3-5,7,10,19-20H,1-2,13H2,(H2,14,15,16);2-3,7,9-10,16-18H,1,4-5H2,(H2,13,14);2-3,8-10,16,18H,1,4-5,13H2,(H,14,17);2-3,8-10,18-20H,1,4-5H2,(H2,12,15)/t6-,8+,11-,12-;9-,10-,11-,12-;8-,9-,10-;5-,7+,10-,11-;7-,9-,10-,11-;2*8-,9+,10-,11-/m1111111/s1. The first-order valence-corrected chi connectivity index (χ1v) is 42.4. The van der Waals surface area contributed by atoms with Crippen LogP contribution in [-0.2, 0) is 42.7 Å². The maximum atomic E-state index is 14.4. The van der Waals surface area contributed by atoms with Gasteiger partial charge in [0.25, 0.3) is 17.4 Å². The van der Waals surface area contributed by atoms with Crippen molar-refractivity contribution in [2.24, 2.45) is 59.6 Å². The molecule has 2 amide bonds. The number of aromatic nitrogens is 8. The molecule has 0 radical (unpaired) electrons. The molecule has 12 aliphatic rings. The molecule has 0 aliphatic carbocycles. The number of aliphatic imine (C=N–C) groups is 3. The Hall–Kier alpha value is -12.4. The molecule has 12 aliphatic heterocycles. The Morgan fingerprint density at radius 2 is 0.930 bits per heavy atom. The quantitative estimate of drug-likeness (QED) is 0.0150. The van der Waals surface area contributed by atoms with Crippen LogP contribution in [0.2, 0.25) is 0 Å². The monoisotopic (exact) mass is 2040 g/mol. The zero-order chi connectivity index (χ0) is 106. The van der Waals surface area contributed by atoms with Gasteiger partial charge in [0, 0.05) is 72.6 Å². The third-order valence-corrected chi connectivity index (χ3v) is 24.6. The van der Waals surface area contributed by atoms with E-state index in [0.717, 1.165) is 4.90 Å². The number of hydrogen-bond donors (Lipinski definition) is 27. The van der Waals surface area contributed by atoms with Crippen LogP contribution in [0.1, 0.15) is 32.1 Å². The van der Waals surface area contributed by atoms with Crippen LogP contribution in [0.5, 0.6) is 0 Å². The molecule has 4 aromatic heterocycles. The lowest BCUT2D eigenvalue weighted by atomic mass is 9.89. The smallest absolute Gasteiger partial charge is 0.320 e. The van der Waals surface area contributed by atoms with E-state index in [2.05, 4.69) is 108 Å². The van der Waals surface area contributed by atoms with Gasteiger partial charge in [0.1, 0.15) is 159 Å². The van der Waals surface area contributed by atoms with Crippen LogP contribution in [0.25, 0.3) is 43.2 Å². The van der Waals surface area contributed by atoms with Crippen molar-refractivity contribution >= 4 is 57.5 Å². The number of hydrogen-bond acceptors (Lipinski definition) is 49. The van der Waals surface area contributed by atoms with E-state index in [1.807, 2.05) is 0 Å². The number of aliphatic hydroxyl groups is 17. The highest BCUT2D eigenvalue weighted by atomic mass is 19.3. The minimum Gasteiger partial charge on any atom is -0.394 e. The average Bonchev–Trinajstić information content (AvgIpc) is 1.58. The second kappa shape index (κ2) is 44.8. The first kappa shape index (κ1) is 113. The molecule has 0 spiro atoms. The number of nitrogens with one attached hydrogen (secondary N) is 3. The third-order valence-electron chi connectivity index (χ3n) is 24.6. The molecule has 16 heterocycles. The molecule has 34 N–H and O–H groups in total. The van der Waals surface area contributed by atoms with Crippen LogP contribution in [0.4, 0.5) is 32.2 Å². The Kier molecular flexibility index (Phi) is 35.3. The van der Waals surface area contributed by atoms with Crippen LogP contribution in [0.15, 0.2) is 172 Å². The second-order valence-electron chi connectivity index (χ2n) is 33.9. The number of alkyl halides is 6. The molecule has 143 heavy (non-hydrogen) atoms. The largest absolute Gasteiger partial charge is 0.394 e. The number of amidine groups is 3. The van der Waals surface area contributed by atoms with Gasteiger partial charge in [0.05, 0.1) is 72.0 Å². The predicted molar refractivity (Wildman–Crippen MR) is 479 cm³/mol. The highest BCUT2D eigenvalue weighted by Gasteiger charge is 2.69. The fraction of sp³-hybridized carbons (Fsp3) is 0.557. The van der Waals surface area contributed by atoms with Crippen LogP contribution in [0, 0.1) is 6.92 Å². The zero-order valence-electron chi connectivity index (χ0n) is 76.1. The number of nitrogen functional groups attached to an aromatic ring is 1. The molecule has 4 aromatic rings. The maximum Gasteiger partial charge on any atom is 0.320 e. The minimum absolute atomic E-state index is 0.0325. The summed E-state index contributed by atoms with van der Waals surface area (Å²) in [5.74, 6) is -2.89. The zero-order valence-corrected chi connectivity index (χ0v) is 76.1. The van der Waals surface area contributed by atoms with E-state index < -0.39 is 233 Å². The van der Waals surface area contributed by atoms with Crippen molar-refractivity contribution in [1.82, 2.24) is 74.2 Å². The lowest BCUT2D eigenvalue weighted by Gasteiger charge is -2.37. The molecule has 64 heteroatoms. The van der Waals surface area contributed by atoms with Gasteiger partial charge in [-0.25, -0.2) is 57.5 Å². The number of azide groups is 2. The molecule has 58 nitrogen and oxygen atoms in total. The maximum absolute atomic E-state index is 14.4. The summed E-state index contributed by atoms with van der Waals surface area (Å²) in [6, 6.07) is 0. The van der Waals surface area contributed by atoms with Crippen molar-refractivity contribution in [3.8, 4) is 0 Å². The summed E-state index contributed by atoms with van der Waals surface area (Å²) in [6.45, 7) is 15.1. The number of carbonyl (C=O) groups is 2. The van der Waals surface area contributed by atoms with Crippen LogP contribution >= 0.6 is 0 Å². The highest BCUT2D eigenvalue weighted by molar-refractivity contribution is 5.94. The van der Waals surface area contributed by atoms with E-state index in [9.17, 15) is 122 Å². The summed E-state index contributed by atoms with van der Waals surface area (Å²) in [4.78, 5) is 79.0. The average molecular weight is 2040 g/mol. The Labute approximate surface area is 803 Å². The van der Waals surface area contributed by atoms with Crippen molar-refractivity contribution in [3.63, 3.8) is 0 Å². The molecule has 0 bridgehead atoms. The van der Waals surface area contributed by atoms with Crippen LogP contribution in [-0.4, -0.2) is 421 Å². The molecule has 27 atom stereocenters. The number of nitrogens with zero attached hydrogens (tertiary/aromatic N) is 21.